The Morgan fingerprint density at radius 2 is 1.97 bits per heavy atom. The van der Waals surface area contributed by atoms with E-state index in [1.54, 1.807) is 18.7 Å². The van der Waals surface area contributed by atoms with Gasteiger partial charge in [0, 0.05) is 74.2 Å². The summed E-state index contributed by atoms with van der Waals surface area (Å²) in [6.45, 7) is 4.94. The third-order valence-electron chi connectivity index (χ3n) is 7.05. The molecule has 1 unspecified atom stereocenters. The number of piperazine rings is 1. The zero-order valence-corrected chi connectivity index (χ0v) is 21.2. The molecule has 2 aliphatic heterocycles. The standard InChI is InChI=1S/C26H26Cl2N6O2/c27-19-1-2-21(28)18(13-19)16-34-7-6-29-24-22(34)14-17(15-31-24)26(35)33-10-8-32(9-11-33)25-20-4-12-36-23(20)3-5-30-25/h1-5,12,14-15,18H,6-11,13,16H2,(H,29,31). The Kier molecular flexibility index (Phi) is 6.23. The fourth-order valence-electron chi connectivity index (χ4n) is 5.13. The average molecular weight is 525 g/mol. The molecule has 1 aliphatic carbocycles. The van der Waals surface area contributed by atoms with Gasteiger partial charge in [-0.25, -0.2) is 9.97 Å². The van der Waals surface area contributed by atoms with Gasteiger partial charge in [0.05, 0.1) is 22.9 Å². The Morgan fingerprint density at radius 3 is 2.83 bits per heavy atom. The van der Waals surface area contributed by atoms with E-state index in [-0.39, 0.29) is 11.8 Å². The summed E-state index contributed by atoms with van der Waals surface area (Å²) in [6, 6.07) is 5.76. The van der Waals surface area contributed by atoms with Gasteiger partial charge < -0.3 is 24.4 Å². The highest BCUT2D eigenvalue weighted by molar-refractivity contribution is 6.32. The van der Waals surface area contributed by atoms with Crippen LogP contribution in [0.25, 0.3) is 11.0 Å². The minimum atomic E-state index is -0.00785. The second-order valence-corrected chi connectivity index (χ2v) is 10.2. The number of carbonyl (C=O) groups is 1. The van der Waals surface area contributed by atoms with Crippen molar-refractivity contribution in [3.63, 3.8) is 0 Å². The van der Waals surface area contributed by atoms with Crippen LogP contribution < -0.4 is 15.1 Å². The summed E-state index contributed by atoms with van der Waals surface area (Å²) in [5, 5.41) is 5.95. The molecule has 6 rings (SSSR count). The number of pyridine rings is 2. The van der Waals surface area contributed by atoms with Crippen LogP contribution in [-0.4, -0.2) is 66.6 Å². The van der Waals surface area contributed by atoms with E-state index in [0.29, 0.717) is 38.2 Å². The Balaban J connectivity index is 1.16. The highest BCUT2D eigenvalue weighted by Gasteiger charge is 2.28. The lowest BCUT2D eigenvalue weighted by Crippen LogP contribution is -2.49. The van der Waals surface area contributed by atoms with Gasteiger partial charge in [0.25, 0.3) is 5.91 Å². The van der Waals surface area contributed by atoms with Gasteiger partial charge in [0.2, 0.25) is 0 Å². The molecule has 1 fully saturated rings. The number of carbonyl (C=O) groups excluding carboxylic acids is 1. The molecule has 3 aliphatic rings. The van der Waals surface area contributed by atoms with Crippen LogP contribution in [0.5, 0.6) is 0 Å². The molecule has 0 spiro atoms. The quantitative estimate of drug-likeness (QED) is 0.530. The molecule has 1 N–H and O–H groups in total. The SMILES string of the molecule is O=C(c1cnc2c(c1)N(CC1CC(Cl)=CC=C1Cl)CCN2)N1CCN(c2nccc3occc23)CC1. The molecule has 0 aromatic carbocycles. The predicted octanol–water partition coefficient (Wildman–Crippen LogP) is 4.68. The van der Waals surface area contributed by atoms with E-state index in [4.69, 9.17) is 27.6 Å². The second-order valence-electron chi connectivity index (χ2n) is 9.28. The smallest absolute Gasteiger partial charge is 0.255 e. The lowest BCUT2D eigenvalue weighted by Gasteiger charge is -2.36. The highest BCUT2D eigenvalue weighted by Crippen LogP contribution is 2.35. The first kappa shape index (κ1) is 23.2. The number of anilines is 3. The fourth-order valence-corrected chi connectivity index (χ4v) is 5.59. The Hall–Kier alpha value is -3.23. The number of aromatic nitrogens is 2. The van der Waals surface area contributed by atoms with Crippen molar-refractivity contribution in [2.45, 2.75) is 6.42 Å². The largest absolute Gasteiger partial charge is 0.464 e. The molecule has 36 heavy (non-hydrogen) atoms. The molecule has 10 heteroatoms. The zero-order chi connectivity index (χ0) is 24.6. The van der Waals surface area contributed by atoms with Crippen LogP contribution >= 0.6 is 23.2 Å². The van der Waals surface area contributed by atoms with E-state index in [1.165, 1.54) is 0 Å². The van der Waals surface area contributed by atoms with Crippen LogP contribution in [0.2, 0.25) is 0 Å². The monoisotopic (exact) mass is 524 g/mol. The van der Waals surface area contributed by atoms with Crippen molar-refractivity contribution in [2.75, 3.05) is 60.9 Å². The van der Waals surface area contributed by atoms with Crippen molar-refractivity contribution in [2.24, 2.45) is 5.92 Å². The van der Waals surface area contributed by atoms with E-state index >= 15 is 0 Å². The van der Waals surface area contributed by atoms with E-state index in [0.717, 1.165) is 58.0 Å². The number of fused-ring (bicyclic) bond motifs is 2. The van der Waals surface area contributed by atoms with Crippen molar-refractivity contribution in [1.82, 2.24) is 14.9 Å². The number of hydrogen-bond acceptors (Lipinski definition) is 7. The van der Waals surface area contributed by atoms with Crippen LogP contribution in [-0.2, 0) is 0 Å². The lowest BCUT2D eigenvalue weighted by atomic mass is 9.99. The van der Waals surface area contributed by atoms with E-state index < -0.39 is 0 Å². The maximum Gasteiger partial charge on any atom is 0.255 e. The van der Waals surface area contributed by atoms with Gasteiger partial charge >= 0.3 is 0 Å². The first-order chi connectivity index (χ1) is 17.6. The number of allylic oxidation sites excluding steroid dienone is 3. The second kappa shape index (κ2) is 9.67. The Bertz CT molecular complexity index is 1360. The van der Waals surface area contributed by atoms with E-state index in [1.807, 2.05) is 35.3 Å². The van der Waals surface area contributed by atoms with Crippen LogP contribution in [0.1, 0.15) is 16.8 Å². The number of nitrogens with one attached hydrogen (secondary N) is 1. The number of rotatable bonds is 4. The molecule has 0 bridgehead atoms. The van der Waals surface area contributed by atoms with Crippen molar-refractivity contribution in [3.8, 4) is 0 Å². The topological polar surface area (TPSA) is 77.7 Å². The maximum atomic E-state index is 13.4. The summed E-state index contributed by atoms with van der Waals surface area (Å²) >= 11 is 12.8. The predicted molar refractivity (Wildman–Crippen MR) is 143 cm³/mol. The molecule has 186 valence electrons. The Labute approximate surface area is 219 Å². The van der Waals surface area contributed by atoms with Gasteiger partial charge in [-0.3, -0.25) is 4.79 Å². The molecule has 1 amide bonds. The van der Waals surface area contributed by atoms with Crippen molar-refractivity contribution >= 4 is 57.4 Å². The van der Waals surface area contributed by atoms with Crippen LogP contribution in [0.15, 0.2) is 63.5 Å². The molecule has 0 saturated carbocycles. The fraction of sp³-hybridized carbons (Fsp3) is 0.346. The van der Waals surface area contributed by atoms with Gasteiger partial charge in [-0.2, -0.15) is 0 Å². The minimum Gasteiger partial charge on any atom is -0.464 e. The Morgan fingerprint density at radius 1 is 1.11 bits per heavy atom. The third kappa shape index (κ3) is 4.40. The summed E-state index contributed by atoms with van der Waals surface area (Å²) in [6.07, 6.45) is 9.56. The number of amides is 1. The van der Waals surface area contributed by atoms with Crippen LogP contribution in [0, 0.1) is 5.92 Å². The number of nitrogens with zero attached hydrogens (tertiary/aromatic N) is 5. The third-order valence-corrected chi connectivity index (χ3v) is 7.77. The molecular formula is C26H26Cl2N6O2. The van der Waals surface area contributed by atoms with Gasteiger partial charge in [-0.05, 0) is 36.8 Å². The molecule has 1 atom stereocenters. The zero-order valence-electron chi connectivity index (χ0n) is 19.7. The summed E-state index contributed by atoms with van der Waals surface area (Å²) in [7, 11) is 0. The van der Waals surface area contributed by atoms with Crippen LogP contribution in [0.3, 0.4) is 0 Å². The van der Waals surface area contributed by atoms with E-state index in [9.17, 15) is 4.79 Å². The first-order valence-corrected chi connectivity index (χ1v) is 12.9. The molecule has 5 heterocycles. The van der Waals surface area contributed by atoms with Gasteiger partial charge in [0.15, 0.2) is 0 Å². The summed E-state index contributed by atoms with van der Waals surface area (Å²) in [5.41, 5.74) is 2.34. The maximum absolute atomic E-state index is 13.4. The normalized spacial score (nSPS) is 20.1. The molecule has 1 saturated heterocycles. The average Bonchev–Trinajstić information content (AvgIpc) is 3.40. The molecule has 3 aromatic rings. The van der Waals surface area contributed by atoms with Crippen molar-refractivity contribution in [3.05, 3.63) is 64.6 Å². The minimum absolute atomic E-state index is 0.00785. The van der Waals surface area contributed by atoms with Crippen molar-refractivity contribution < 1.29 is 9.21 Å². The van der Waals surface area contributed by atoms with Crippen molar-refractivity contribution in [1.29, 1.82) is 0 Å². The molecule has 3 aromatic heterocycles. The number of furan rings is 1. The summed E-state index contributed by atoms with van der Waals surface area (Å²) in [5.74, 6) is 1.80. The molecule has 8 nitrogen and oxygen atoms in total. The molecular weight excluding hydrogens is 499 g/mol. The summed E-state index contributed by atoms with van der Waals surface area (Å²) in [4.78, 5) is 28.9. The van der Waals surface area contributed by atoms with Gasteiger partial charge in [-0.1, -0.05) is 23.2 Å². The van der Waals surface area contributed by atoms with Gasteiger partial charge in [-0.15, -0.1) is 0 Å². The molecule has 0 radical (unpaired) electrons. The number of hydrogen-bond donors (Lipinski definition) is 1. The van der Waals surface area contributed by atoms with Crippen LogP contribution in [0.4, 0.5) is 17.3 Å². The highest BCUT2D eigenvalue weighted by atomic mass is 35.5. The van der Waals surface area contributed by atoms with E-state index in [2.05, 4.69) is 25.1 Å². The first-order valence-electron chi connectivity index (χ1n) is 12.1. The lowest BCUT2D eigenvalue weighted by molar-refractivity contribution is 0.0746. The van der Waals surface area contributed by atoms with Gasteiger partial charge in [0.1, 0.15) is 17.2 Å². The number of halogens is 2. The summed E-state index contributed by atoms with van der Waals surface area (Å²) < 4.78 is 5.51.